The van der Waals surface area contributed by atoms with Crippen LogP contribution in [0.5, 0.6) is 0 Å². The van der Waals surface area contributed by atoms with Crippen LogP contribution in [0.4, 0.5) is 4.39 Å². The normalized spacial score (nSPS) is 15.6. The van der Waals surface area contributed by atoms with E-state index >= 15 is 0 Å². The van der Waals surface area contributed by atoms with Gasteiger partial charge in [0.15, 0.2) is 0 Å². The highest BCUT2D eigenvalue weighted by molar-refractivity contribution is 5.18. The van der Waals surface area contributed by atoms with Gasteiger partial charge in [-0.05, 0) is 42.9 Å². The summed E-state index contributed by atoms with van der Waals surface area (Å²) in [6.45, 7) is 8.30. The molecular weight excluding hydrogens is 215 g/mol. The lowest BCUT2D eigenvalue weighted by Gasteiger charge is -2.28. The molecule has 1 unspecified atom stereocenters. The van der Waals surface area contributed by atoms with E-state index in [9.17, 15) is 9.50 Å². The Labute approximate surface area is 104 Å². The first kappa shape index (κ1) is 14.2. The van der Waals surface area contributed by atoms with E-state index in [0.29, 0.717) is 6.42 Å². The van der Waals surface area contributed by atoms with Crippen molar-refractivity contribution in [1.82, 2.24) is 0 Å². The van der Waals surface area contributed by atoms with Crippen molar-refractivity contribution in [3.05, 3.63) is 35.6 Å². The first-order valence-electron chi connectivity index (χ1n) is 6.15. The minimum atomic E-state index is -0.763. The molecule has 0 radical (unpaired) electrons. The predicted molar refractivity (Wildman–Crippen MR) is 69.4 cm³/mol. The van der Waals surface area contributed by atoms with Crippen molar-refractivity contribution < 1.29 is 9.50 Å². The fourth-order valence-electron chi connectivity index (χ4n) is 1.82. The van der Waals surface area contributed by atoms with Crippen LogP contribution in [0.1, 0.15) is 46.1 Å². The van der Waals surface area contributed by atoms with E-state index in [1.807, 2.05) is 13.0 Å². The molecule has 0 bridgehead atoms. The van der Waals surface area contributed by atoms with Crippen molar-refractivity contribution >= 4 is 0 Å². The van der Waals surface area contributed by atoms with Gasteiger partial charge in [-0.15, -0.1) is 0 Å². The van der Waals surface area contributed by atoms with Crippen molar-refractivity contribution in [2.24, 2.45) is 5.41 Å². The fraction of sp³-hybridized carbons (Fsp3) is 0.600. The number of benzene rings is 1. The maximum atomic E-state index is 13.0. The average Bonchev–Trinajstić information content (AvgIpc) is 2.13. The number of hydrogen-bond acceptors (Lipinski definition) is 1. The quantitative estimate of drug-likeness (QED) is 0.842. The van der Waals surface area contributed by atoms with Gasteiger partial charge >= 0.3 is 0 Å². The summed E-state index contributed by atoms with van der Waals surface area (Å²) in [5.74, 6) is -0.242. The molecule has 1 rings (SSSR count). The monoisotopic (exact) mass is 238 g/mol. The van der Waals surface area contributed by atoms with E-state index in [0.717, 1.165) is 18.4 Å². The van der Waals surface area contributed by atoms with Gasteiger partial charge in [-0.3, -0.25) is 0 Å². The minimum Gasteiger partial charge on any atom is -0.390 e. The summed E-state index contributed by atoms with van der Waals surface area (Å²) in [6, 6.07) is 6.46. The second kappa shape index (κ2) is 5.18. The van der Waals surface area contributed by atoms with Gasteiger partial charge in [0.1, 0.15) is 5.82 Å². The molecule has 0 amide bonds. The van der Waals surface area contributed by atoms with E-state index < -0.39 is 5.60 Å². The zero-order chi connectivity index (χ0) is 13.1. The minimum absolute atomic E-state index is 0.214. The summed E-state index contributed by atoms with van der Waals surface area (Å²) in [4.78, 5) is 0. The summed E-state index contributed by atoms with van der Waals surface area (Å²) in [7, 11) is 0. The molecule has 0 saturated heterocycles. The molecule has 0 spiro atoms. The molecule has 0 fully saturated rings. The average molecular weight is 238 g/mol. The smallest absolute Gasteiger partial charge is 0.123 e. The summed E-state index contributed by atoms with van der Waals surface area (Å²) in [5.41, 5.74) is 0.302. The lowest BCUT2D eigenvalue weighted by molar-refractivity contribution is 0.0396. The van der Waals surface area contributed by atoms with Gasteiger partial charge < -0.3 is 5.11 Å². The first-order valence-corrected chi connectivity index (χ1v) is 6.15. The maximum absolute atomic E-state index is 13.0. The number of halogens is 1. The Morgan fingerprint density at radius 3 is 2.29 bits per heavy atom. The second-order valence-corrected chi connectivity index (χ2v) is 6.36. The van der Waals surface area contributed by atoms with E-state index in [4.69, 9.17) is 0 Å². The molecular formula is C15H23FO. The summed E-state index contributed by atoms with van der Waals surface area (Å²) in [5, 5.41) is 10.3. The molecule has 1 nitrogen and oxygen atoms in total. The van der Waals surface area contributed by atoms with Crippen LogP contribution in [0.15, 0.2) is 24.3 Å². The third kappa shape index (κ3) is 5.83. The van der Waals surface area contributed by atoms with E-state index in [1.165, 1.54) is 12.1 Å². The second-order valence-electron chi connectivity index (χ2n) is 6.36. The van der Waals surface area contributed by atoms with Gasteiger partial charge in [0.2, 0.25) is 0 Å². The molecule has 17 heavy (non-hydrogen) atoms. The van der Waals surface area contributed by atoms with Crippen molar-refractivity contribution in [1.29, 1.82) is 0 Å². The Balaban J connectivity index is 2.60. The molecule has 0 aromatic heterocycles. The molecule has 1 atom stereocenters. The van der Waals surface area contributed by atoms with Crippen molar-refractivity contribution in [3.8, 4) is 0 Å². The van der Waals surface area contributed by atoms with Crippen LogP contribution in [0.25, 0.3) is 0 Å². The molecule has 96 valence electrons. The lowest BCUT2D eigenvalue weighted by atomic mass is 9.83. The maximum Gasteiger partial charge on any atom is 0.123 e. The van der Waals surface area contributed by atoms with Crippen LogP contribution >= 0.6 is 0 Å². The highest BCUT2D eigenvalue weighted by Crippen LogP contribution is 2.27. The van der Waals surface area contributed by atoms with Crippen LogP contribution in [0.3, 0.4) is 0 Å². The largest absolute Gasteiger partial charge is 0.390 e. The third-order valence-electron chi connectivity index (χ3n) is 2.89. The molecule has 2 heteroatoms. The zero-order valence-corrected chi connectivity index (χ0v) is 11.3. The predicted octanol–water partition coefficient (Wildman–Crippen LogP) is 3.95. The molecule has 0 saturated carbocycles. The van der Waals surface area contributed by atoms with Crippen LogP contribution in [0, 0.1) is 11.2 Å². The number of aliphatic hydroxyl groups is 1. The van der Waals surface area contributed by atoms with Gasteiger partial charge in [0.05, 0.1) is 5.60 Å². The topological polar surface area (TPSA) is 20.2 Å². The van der Waals surface area contributed by atoms with Crippen molar-refractivity contribution in [3.63, 3.8) is 0 Å². The lowest BCUT2D eigenvalue weighted by Crippen LogP contribution is -2.29. The Hall–Kier alpha value is -0.890. The standard InChI is InChI=1S/C15H23FO/c1-14(2,3)8-9-15(4,17)11-12-6-5-7-13(16)10-12/h5-7,10,17H,8-9,11H2,1-4H3. The molecule has 1 aromatic rings. The van der Waals surface area contributed by atoms with Crippen LogP contribution in [-0.4, -0.2) is 10.7 Å². The summed E-state index contributed by atoms with van der Waals surface area (Å²) >= 11 is 0. The van der Waals surface area contributed by atoms with Gasteiger partial charge in [-0.25, -0.2) is 4.39 Å². The number of rotatable bonds is 4. The molecule has 0 aliphatic heterocycles. The highest BCUT2D eigenvalue weighted by atomic mass is 19.1. The Morgan fingerprint density at radius 1 is 1.12 bits per heavy atom. The molecule has 1 aromatic carbocycles. The van der Waals surface area contributed by atoms with E-state index in [-0.39, 0.29) is 11.2 Å². The van der Waals surface area contributed by atoms with Gasteiger partial charge in [-0.2, -0.15) is 0 Å². The molecule has 0 aliphatic carbocycles. The van der Waals surface area contributed by atoms with E-state index in [2.05, 4.69) is 20.8 Å². The van der Waals surface area contributed by atoms with E-state index in [1.54, 1.807) is 6.07 Å². The zero-order valence-electron chi connectivity index (χ0n) is 11.3. The van der Waals surface area contributed by atoms with Crippen molar-refractivity contribution in [2.75, 3.05) is 0 Å². The molecule has 0 heterocycles. The SMILES string of the molecule is CC(C)(C)CCC(C)(O)Cc1cccc(F)c1. The van der Waals surface area contributed by atoms with Gasteiger partial charge in [-0.1, -0.05) is 32.9 Å². The van der Waals surface area contributed by atoms with Crippen molar-refractivity contribution in [2.45, 2.75) is 52.6 Å². The van der Waals surface area contributed by atoms with Crippen LogP contribution in [0.2, 0.25) is 0 Å². The first-order chi connectivity index (χ1) is 7.68. The molecule has 0 aliphatic rings. The van der Waals surface area contributed by atoms with Gasteiger partial charge in [0.25, 0.3) is 0 Å². The highest BCUT2D eigenvalue weighted by Gasteiger charge is 2.24. The number of hydrogen-bond donors (Lipinski definition) is 1. The van der Waals surface area contributed by atoms with Gasteiger partial charge in [0, 0.05) is 6.42 Å². The summed E-state index contributed by atoms with van der Waals surface area (Å²) in [6.07, 6.45) is 2.18. The van der Waals surface area contributed by atoms with Crippen LogP contribution < -0.4 is 0 Å². The Bertz CT molecular complexity index is 363. The summed E-state index contributed by atoms with van der Waals surface area (Å²) < 4.78 is 13.0. The third-order valence-corrected chi connectivity index (χ3v) is 2.89. The Kier molecular flexibility index (Phi) is 4.31. The molecule has 1 N–H and O–H groups in total. The van der Waals surface area contributed by atoms with Crippen LogP contribution in [-0.2, 0) is 6.42 Å². The fourth-order valence-corrected chi connectivity index (χ4v) is 1.82. The Morgan fingerprint density at radius 2 is 1.76 bits per heavy atom.